The van der Waals surface area contributed by atoms with E-state index in [2.05, 4.69) is 6.07 Å². The fourth-order valence-electron chi connectivity index (χ4n) is 2.40. The van der Waals surface area contributed by atoms with Gasteiger partial charge in [-0.05, 0) is 72.1 Å². The largest absolute Gasteiger partial charge is 0.460 e. The van der Waals surface area contributed by atoms with E-state index in [1.807, 2.05) is 0 Å². The van der Waals surface area contributed by atoms with Crippen molar-refractivity contribution in [2.75, 3.05) is 0 Å². The van der Waals surface area contributed by atoms with Gasteiger partial charge in [0.15, 0.2) is 0 Å². The highest BCUT2D eigenvalue weighted by molar-refractivity contribution is 8.00. The summed E-state index contributed by atoms with van der Waals surface area (Å²) in [5, 5.41) is 5.24. The summed E-state index contributed by atoms with van der Waals surface area (Å²) < 4.78 is 91.7. The van der Waals surface area contributed by atoms with Crippen molar-refractivity contribution < 1.29 is 35.7 Å². The van der Waals surface area contributed by atoms with Crippen LogP contribution in [0.15, 0.2) is 35.2 Å². The molecule has 0 amide bonds. The summed E-state index contributed by atoms with van der Waals surface area (Å²) in [6.07, 6.45) is -6.44. The van der Waals surface area contributed by atoms with Gasteiger partial charge in [0.2, 0.25) is 0 Å². The van der Waals surface area contributed by atoms with E-state index in [1.165, 1.54) is 26.0 Å². The maximum absolute atomic E-state index is 13.9. The van der Waals surface area contributed by atoms with E-state index in [0.717, 1.165) is 18.2 Å². The van der Waals surface area contributed by atoms with Crippen molar-refractivity contribution in [1.82, 2.24) is 0 Å². The molecule has 0 bridgehead atoms. The van der Waals surface area contributed by atoms with Gasteiger partial charge < -0.3 is 0 Å². The summed E-state index contributed by atoms with van der Waals surface area (Å²) in [7, 11) is 0. The van der Waals surface area contributed by atoms with Gasteiger partial charge in [-0.25, -0.2) is 0 Å². The smallest absolute Gasteiger partial charge is 0.258 e. The third-order valence-electron chi connectivity index (χ3n) is 3.68. The van der Waals surface area contributed by atoms with Gasteiger partial charge in [0.05, 0.1) is 4.92 Å². The Labute approximate surface area is 158 Å². The molecule has 0 atom stereocenters. The van der Waals surface area contributed by atoms with E-state index >= 15 is 0 Å². The van der Waals surface area contributed by atoms with Gasteiger partial charge in [0, 0.05) is 17.0 Å². The second-order valence-corrected chi connectivity index (χ2v) is 6.97. The fraction of sp³-hybridized carbons (Fsp3) is 0.294. The van der Waals surface area contributed by atoms with Crippen LogP contribution in [0.5, 0.6) is 0 Å². The normalized spacial score (nSPS) is 12.9. The van der Waals surface area contributed by atoms with E-state index in [4.69, 9.17) is 0 Å². The lowest BCUT2D eigenvalue weighted by molar-refractivity contribution is -0.384. The van der Waals surface area contributed by atoms with E-state index in [9.17, 15) is 40.8 Å². The number of aryl methyl sites for hydroxylation is 2. The molecule has 2 aromatic rings. The minimum atomic E-state index is -6.44. The quantitative estimate of drug-likeness (QED) is 0.235. The number of thioether (sulfide) groups is 1. The predicted octanol–water partition coefficient (Wildman–Crippen LogP) is 6.56. The zero-order valence-electron chi connectivity index (χ0n) is 14.2. The van der Waals surface area contributed by atoms with Gasteiger partial charge in [-0.15, -0.1) is 0 Å². The Morgan fingerprint density at radius 1 is 1.00 bits per heavy atom. The minimum absolute atomic E-state index is 0.0665. The number of hydrogen-bond acceptors (Lipinski definition) is 3. The Morgan fingerprint density at radius 2 is 1.54 bits per heavy atom. The van der Waals surface area contributed by atoms with E-state index in [1.54, 1.807) is 0 Å². The Hall–Kier alpha value is -2.30. The molecule has 0 heterocycles. The highest BCUT2D eigenvalue weighted by atomic mass is 32.2. The van der Waals surface area contributed by atoms with Crippen molar-refractivity contribution in [2.45, 2.75) is 36.1 Å². The van der Waals surface area contributed by atoms with Crippen molar-refractivity contribution in [3.8, 4) is 11.1 Å². The van der Waals surface area contributed by atoms with Crippen molar-refractivity contribution in [1.29, 1.82) is 0 Å². The number of rotatable bonds is 5. The molecule has 3 nitrogen and oxygen atoms in total. The number of alkyl halides is 7. The van der Waals surface area contributed by atoms with Crippen LogP contribution >= 0.6 is 11.8 Å². The number of nitrogens with zero attached hydrogens (tertiary/aromatic N) is 1. The van der Waals surface area contributed by atoms with Gasteiger partial charge in [-0.2, -0.15) is 30.7 Å². The highest BCUT2D eigenvalue weighted by Gasteiger charge is 2.73. The molecule has 2 rings (SSSR count). The maximum atomic E-state index is 13.9. The van der Waals surface area contributed by atoms with E-state index in [0.29, 0.717) is 0 Å². The predicted molar refractivity (Wildman–Crippen MR) is 88.6 cm³/mol. The molecule has 11 heteroatoms. The number of benzene rings is 2. The molecule has 0 saturated heterocycles. The lowest BCUT2D eigenvalue weighted by atomic mass is 9.98. The van der Waals surface area contributed by atoms with E-state index < -0.39 is 38.9 Å². The summed E-state index contributed by atoms with van der Waals surface area (Å²) in [5.41, 5.74) is 0.219. The van der Waals surface area contributed by atoms with Crippen LogP contribution in [0.25, 0.3) is 11.1 Å². The first-order valence-electron chi connectivity index (χ1n) is 7.47. The first kappa shape index (κ1) is 22.0. The molecule has 0 aliphatic rings. The van der Waals surface area contributed by atoms with Crippen molar-refractivity contribution >= 4 is 17.4 Å². The van der Waals surface area contributed by atoms with E-state index in [-0.39, 0.29) is 27.9 Å². The molecule has 0 unspecified atom stereocenters. The molecular weight excluding hydrogens is 415 g/mol. The molecule has 0 aromatic heterocycles. The molecule has 2 aromatic carbocycles. The molecule has 28 heavy (non-hydrogen) atoms. The number of non-ortho nitro benzene ring substituents is 1. The fourth-order valence-corrected chi connectivity index (χ4v) is 3.53. The molecule has 0 N–H and O–H groups in total. The third-order valence-corrected chi connectivity index (χ3v) is 4.73. The molecule has 151 valence electrons. The molecule has 0 aliphatic heterocycles. The minimum Gasteiger partial charge on any atom is -0.258 e. The molecule has 0 spiro atoms. The maximum Gasteiger partial charge on any atom is 0.460 e. The summed E-state index contributed by atoms with van der Waals surface area (Å²) >= 11 is -0.917. The molecule has 0 aliphatic carbocycles. The van der Waals surface area contributed by atoms with Crippen molar-refractivity contribution in [2.24, 2.45) is 0 Å². The monoisotopic (exact) mass is 426 g/mol. The van der Waals surface area contributed by atoms with Gasteiger partial charge in [0.25, 0.3) is 5.69 Å². The van der Waals surface area contributed by atoms with Crippen LogP contribution in [0.1, 0.15) is 11.1 Å². The zero-order valence-corrected chi connectivity index (χ0v) is 15.0. The van der Waals surface area contributed by atoms with Crippen molar-refractivity contribution in [3.63, 3.8) is 0 Å². The van der Waals surface area contributed by atoms with Gasteiger partial charge in [0.1, 0.15) is 0 Å². The van der Waals surface area contributed by atoms with Gasteiger partial charge in [-0.3, -0.25) is 10.1 Å². The van der Waals surface area contributed by atoms with Crippen LogP contribution in [0, 0.1) is 30.0 Å². The van der Waals surface area contributed by atoms with Crippen LogP contribution < -0.4 is 0 Å². The lowest BCUT2D eigenvalue weighted by Gasteiger charge is -2.28. The number of nitro benzene ring substituents is 1. The standard InChI is InChI=1S/C17H11F7NO2S/c1-9-7-10(2)14(11-3-5-12(6-4-11)25(26)27)13(8-9)28-17(23,24)15(18,19)16(20,21)22/h3-6,8H,1-2H3. The molecule has 1 radical (unpaired) electrons. The average Bonchev–Trinajstić information content (AvgIpc) is 2.53. The van der Waals surface area contributed by atoms with Crippen molar-refractivity contribution in [3.05, 3.63) is 57.6 Å². The first-order valence-corrected chi connectivity index (χ1v) is 8.29. The van der Waals surface area contributed by atoms with Gasteiger partial charge >= 0.3 is 17.4 Å². The number of hydrogen-bond donors (Lipinski definition) is 0. The van der Waals surface area contributed by atoms with Crippen LogP contribution in [0.3, 0.4) is 0 Å². The van der Waals surface area contributed by atoms with Crippen LogP contribution in [-0.4, -0.2) is 22.3 Å². The molecule has 0 fully saturated rings. The Bertz CT molecular complexity index is 896. The van der Waals surface area contributed by atoms with Crippen LogP contribution in [0.4, 0.5) is 36.4 Å². The van der Waals surface area contributed by atoms with Crippen LogP contribution in [-0.2, 0) is 0 Å². The average molecular weight is 426 g/mol. The molecular formula is C17H11F7NO2S. The lowest BCUT2D eigenvalue weighted by Crippen LogP contribution is -2.49. The second kappa shape index (κ2) is 7.26. The Kier molecular flexibility index (Phi) is 5.71. The summed E-state index contributed by atoms with van der Waals surface area (Å²) in [5.74, 6) is -6.27. The van der Waals surface area contributed by atoms with Crippen LogP contribution in [0.2, 0.25) is 0 Å². The summed E-state index contributed by atoms with van der Waals surface area (Å²) in [6.45, 7) is 2.82. The summed E-state index contributed by atoms with van der Waals surface area (Å²) in [4.78, 5) is 9.49. The zero-order chi connectivity index (χ0) is 21.5. The number of halogens is 7. The third kappa shape index (κ3) is 4.08. The number of nitro groups is 1. The Balaban J connectivity index is 2.58. The topological polar surface area (TPSA) is 43.1 Å². The highest BCUT2D eigenvalue weighted by Crippen LogP contribution is 2.55. The first-order chi connectivity index (χ1) is 12.7. The van der Waals surface area contributed by atoms with Gasteiger partial charge in [-0.1, -0.05) is 0 Å². The molecule has 0 saturated carbocycles. The Morgan fingerprint density at radius 3 is 2.00 bits per heavy atom. The SMILES string of the molecule is Cc1[c]c(C)c(-c2ccc([N+](=O)[O-])cc2)c(SC(F)(F)C(F)(F)C(F)(F)F)c1. The summed E-state index contributed by atoms with van der Waals surface area (Å²) in [6, 6.07) is 8.28. The second-order valence-electron chi connectivity index (χ2n) is 5.81.